The number of aliphatic carboxylic acids is 2. The number of hydrogen-bond donors (Lipinski definition) is 4. The number of unbranched alkanes of at least 4 members (excludes halogenated alkanes) is 6. The summed E-state index contributed by atoms with van der Waals surface area (Å²) in [5.41, 5.74) is 0. The molecule has 0 aromatic heterocycles. The van der Waals surface area contributed by atoms with Crippen LogP contribution in [0.4, 0.5) is 0 Å². The van der Waals surface area contributed by atoms with Gasteiger partial charge in [-0.2, -0.15) is 0 Å². The van der Waals surface area contributed by atoms with Gasteiger partial charge in [-0.1, -0.05) is 25.0 Å². The van der Waals surface area contributed by atoms with Crippen LogP contribution in [0.1, 0.15) is 78.1 Å². The first kappa shape index (κ1) is 43.9. The molecule has 2 atom stereocenters. The van der Waals surface area contributed by atoms with Crippen LogP contribution in [0.2, 0.25) is 0 Å². The minimum Gasteiger partial charge on any atom is -0.862 e. The van der Waals surface area contributed by atoms with Crippen molar-refractivity contribution in [1.82, 2.24) is 15.1 Å². The molecule has 4 N–H and O–H groups in total. The van der Waals surface area contributed by atoms with Gasteiger partial charge in [0, 0.05) is 26.1 Å². The van der Waals surface area contributed by atoms with Crippen LogP contribution in [0.5, 0.6) is 0 Å². The average Bonchev–Trinajstić information content (AvgIpc) is 2.84. The van der Waals surface area contributed by atoms with Gasteiger partial charge in [0.1, 0.15) is 0 Å². The fourth-order valence-electron chi connectivity index (χ4n) is 3.52. The Morgan fingerprint density at radius 3 is 1.83 bits per heavy atom. The first-order valence-corrected chi connectivity index (χ1v) is 13.8. The number of carboxylic acid groups (broad SMARTS) is 2. The number of carbonyl (C=O) groups excluding carboxylic acids is 2. The van der Waals surface area contributed by atoms with E-state index in [-0.39, 0.29) is 89.1 Å². The number of amides is 1. The maximum atomic E-state index is 11.6. The molecule has 0 aliphatic carbocycles. The molecule has 41 heavy (non-hydrogen) atoms. The second kappa shape index (κ2) is 29.9. The van der Waals surface area contributed by atoms with Gasteiger partial charge in [0.2, 0.25) is 5.91 Å². The number of nitrogens with zero attached hydrogens (tertiary/aromatic N) is 3. The summed E-state index contributed by atoms with van der Waals surface area (Å²) in [6.07, 6.45) is 10.7. The van der Waals surface area contributed by atoms with Gasteiger partial charge in [0.05, 0.1) is 38.1 Å². The summed E-state index contributed by atoms with van der Waals surface area (Å²) in [4.78, 5) is 39.5. The standard InChI is InChI=1S/2C14H26N2O4.Ca/c2*1-3-4-5-6-7-8-13(18)15-11-16(9-12(2)17)10-14(19)20;/h2*3,12,17H,1,4-11H2,2H3,(H,15,18)(H,19,20);/q;;+2/p-2. The van der Waals surface area contributed by atoms with E-state index in [1.807, 2.05) is 12.2 Å². The minimum absolute atomic E-state index is 0. The van der Waals surface area contributed by atoms with E-state index >= 15 is 0 Å². The van der Waals surface area contributed by atoms with Crippen molar-refractivity contribution >= 4 is 61.5 Å². The van der Waals surface area contributed by atoms with Crippen LogP contribution < -0.4 is 15.5 Å². The number of aliphatic hydroxyl groups excluding tert-OH is 2. The van der Waals surface area contributed by atoms with Gasteiger partial charge in [-0.25, -0.2) is 0 Å². The van der Waals surface area contributed by atoms with Gasteiger partial charge in [-0.15, -0.1) is 13.2 Å². The van der Waals surface area contributed by atoms with E-state index in [2.05, 4.69) is 23.5 Å². The Morgan fingerprint density at radius 2 is 1.37 bits per heavy atom. The summed E-state index contributed by atoms with van der Waals surface area (Å²) in [6.45, 7) is 10.3. The van der Waals surface area contributed by atoms with Crippen LogP contribution in [-0.4, -0.2) is 138 Å². The molecule has 0 saturated heterocycles. The second-order valence-electron chi connectivity index (χ2n) is 9.71. The Hall–Kier alpha value is -1.54. The van der Waals surface area contributed by atoms with E-state index in [9.17, 15) is 34.8 Å². The van der Waals surface area contributed by atoms with Crippen LogP contribution in [-0.2, 0) is 14.4 Å². The van der Waals surface area contributed by atoms with Gasteiger partial charge in [-0.05, 0) is 64.7 Å². The number of carbonyl (C=O) groups is 3. The van der Waals surface area contributed by atoms with E-state index in [1.54, 1.807) is 13.8 Å². The molecule has 0 aromatic carbocycles. The Kier molecular flexibility index (Phi) is 32.1. The van der Waals surface area contributed by atoms with Crippen LogP contribution in [0, 0.1) is 0 Å². The molecule has 0 saturated carbocycles. The van der Waals surface area contributed by atoms with E-state index in [4.69, 9.17) is 5.11 Å². The minimum atomic E-state index is -1.25. The van der Waals surface area contributed by atoms with Crippen LogP contribution in [0.25, 0.3) is 0 Å². The molecule has 0 heterocycles. The van der Waals surface area contributed by atoms with Crippen LogP contribution in [0.3, 0.4) is 0 Å². The van der Waals surface area contributed by atoms with E-state index in [0.717, 1.165) is 51.4 Å². The van der Waals surface area contributed by atoms with Crippen molar-refractivity contribution in [3.8, 4) is 0 Å². The molecule has 0 spiro atoms. The second-order valence-corrected chi connectivity index (χ2v) is 9.71. The van der Waals surface area contributed by atoms with Gasteiger partial charge >= 0.3 is 43.7 Å². The number of hydrogen-bond acceptors (Lipinski definition) is 10. The van der Waals surface area contributed by atoms with Crippen molar-refractivity contribution in [2.24, 2.45) is 4.99 Å². The SMILES string of the molecule is C=CCCCCCC(=O)NCN(CC(=O)O)CC(C)O.C=CCCCCCC([O-])=NCN(CC(=O)[O-])CC(C)O.[Ca+2]. The molecule has 0 fully saturated rings. The molecule has 2 unspecified atom stereocenters. The summed E-state index contributed by atoms with van der Waals surface area (Å²) in [5, 5.41) is 52.0. The molecule has 0 aliphatic rings. The number of carboxylic acids is 2. The van der Waals surface area contributed by atoms with Crippen molar-refractivity contribution in [2.45, 2.75) is 90.3 Å². The number of aliphatic imine (C=N–C) groups is 1. The monoisotopic (exact) mass is 610 g/mol. The third-order valence-electron chi connectivity index (χ3n) is 5.31. The number of rotatable bonds is 24. The fraction of sp³-hybridized carbons (Fsp3) is 0.714. The Labute approximate surface area is 275 Å². The normalized spacial score (nSPS) is 12.5. The quantitative estimate of drug-likeness (QED) is 0.0286. The first-order chi connectivity index (χ1) is 18.9. The molecule has 12 nitrogen and oxygen atoms in total. The van der Waals surface area contributed by atoms with Crippen molar-refractivity contribution in [1.29, 1.82) is 0 Å². The fourth-order valence-corrected chi connectivity index (χ4v) is 3.52. The van der Waals surface area contributed by atoms with Gasteiger partial charge in [0.15, 0.2) is 0 Å². The predicted octanol–water partition coefficient (Wildman–Crippen LogP) is -0.145. The van der Waals surface area contributed by atoms with Crippen LogP contribution >= 0.6 is 0 Å². The topological polar surface area (TPSA) is 189 Å². The van der Waals surface area contributed by atoms with Gasteiger partial charge in [-0.3, -0.25) is 24.4 Å². The van der Waals surface area contributed by atoms with Crippen molar-refractivity contribution in [3.63, 3.8) is 0 Å². The molecule has 0 aliphatic heterocycles. The summed E-state index contributed by atoms with van der Waals surface area (Å²) < 4.78 is 0. The van der Waals surface area contributed by atoms with E-state index in [1.165, 1.54) is 9.80 Å². The summed E-state index contributed by atoms with van der Waals surface area (Å²) in [5.74, 6) is -2.57. The predicted molar refractivity (Wildman–Crippen MR) is 157 cm³/mol. The van der Waals surface area contributed by atoms with Crippen molar-refractivity contribution in [3.05, 3.63) is 25.3 Å². The third-order valence-corrected chi connectivity index (χ3v) is 5.31. The van der Waals surface area contributed by atoms with Crippen LogP contribution in [0.15, 0.2) is 30.3 Å². The molecular weight excluding hydrogens is 560 g/mol. The Bertz CT molecular complexity index is 751. The van der Waals surface area contributed by atoms with Gasteiger partial charge in [0.25, 0.3) is 0 Å². The Balaban J connectivity index is -0.000000688. The molecule has 0 radical (unpaired) electrons. The smallest absolute Gasteiger partial charge is 0.862 e. The Morgan fingerprint density at radius 1 is 0.854 bits per heavy atom. The number of allylic oxidation sites excluding steroid dienone is 2. The molecule has 13 heteroatoms. The molecule has 1 amide bonds. The average molecular weight is 611 g/mol. The zero-order valence-electron chi connectivity index (χ0n) is 25.0. The number of nitrogens with one attached hydrogen (secondary N) is 1. The van der Waals surface area contributed by atoms with Gasteiger partial charge < -0.3 is 35.6 Å². The molecule has 232 valence electrons. The third kappa shape index (κ3) is 34.6. The zero-order chi connectivity index (χ0) is 30.8. The van der Waals surface area contributed by atoms with E-state index < -0.39 is 24.1 Å². The molecular formula is C28H50CaN4O8. The largest absolute Gasteiger partial charge is 2.00 e. The van der Waals surface area contributed by atoms with Crippen molar-refractivity contribution < 1.29 is 39.9 Å². The molecule has 0 aromatic rings. The summed E-state index contributed by atoms with van der Waals surface area (Å²) in [7, 11) is 0. The number of aliphatic hydroxyl groups is 2. The zero-order valence-corrected chi connectivity index (χ0v) is 27.2. The maximum absolute atomic E-state index is 11.6. The molecule has 0 rings (SSSR count). The molecule has 0 bridgehead atoms. The van der Waals surface area contributed by atoms with E-state index in [0.29, 0.717) is 12.8 Å². The maximum Gasteiger partial charge on any atom is 2.00 e. The summed E-state index contributed by atoms with van der Waals surface area (Å²) in [6, 6.07) is 0. The van der Waals surface area contributed by atoms with Crippen molar-refractivity contribution in [2.75, 3.05) is 39.5 Å². The first-order valence-electron chi connectivity index (χ1n) is 13.8. The summed E-state index contributed by atoms with van der Waals surface area (Å²) >= 11 is 0.